The number of rotatable bonds is 5. The highest BCUT2D eigenvalue weighted by Crippen LogP contribution is 2.24. The van der Waals surface area contributed by atoms with Crippen molar-refractivity contribution in [2.45, 2.75) is 0 Å². The van der Waals surface area contributed by atoms with E-state index in [1.54, 1.807) is 31.4 Å². The predicted molar refractivity (Wildman–Crippen MR) is 97.4 cm³/mol. The summed E-state index contributed by atoms with van der Waals surface area (Å²) in [4.78, 5) is 14.6. The molecule has 0 aliphatic heterocycles. The molecular formula is C21H19NO2. The third-order valence-corrected chi connectivity index (χ3v) is 4.01. The molecule has 0 atom stereocenters. The fourth-order valence-electron chi connectivity index (χ4n) is 2.55. The number of hydrogen-bond acceptors (Lipinski definition) is 3. The van der Waals surface area contributed by atoms with E-state index in [1.165, 1.54) is 0 Å². The minimum absolute atomic E-state index is 0.00608. The Balaban J connectivity index is 1.79. The molecule has 0 heterocycles. The van der Waals surface area contributed by atoms with Crippen molar-refractivity contribution in [2.24, 2.45) is 0 Å². The summed E-state index contributed by atoms with van der Waals surface area (Å²) in [5.41, 5.74) is 3.46. The van der Waals surface area contributed by atoms with Gasteiger partial charge in [0, 0.05) is 29.5 Å². The van der Waals surface area contributed by atoms with Gasteiger partial charge < -0.3 is 9.64 Å². The van der Waals surface area contributed by atoms with Crippen LogP contribution in [0.1, 0.15) is 15.9 Å². The molecule has 3 heteroatoms. The van der Waals surface area contributed by atoms with Gasteiger partial charge in [-0.05, 0) is 60.7 Å². The van der Waals surface area contributed by atoms with Crippen LogP contribution in [0.2, 0.25) is 0 Å². The van der Waals surface area contributed by atoms with Crippen LogP contribution in [0.15, 0.2) is 78.9 Å². The van der Waals surface area contributed by atoms with Gasteiger partial charge >= 0.3 is 0 Å². The molecule has 24 heavy (non-hydrogen) atoms. The van der Waals surface area contributed by atoms with Crippen LogP contribution in [0.5, 0.6) is 5.75 Å². The number of para-hydroxylation sites is 1. The molecule has 0 radical (unpaired) electrons. The maximum atomic E-state index is 12.5. The lowest BCUT2D eigenvalue weighted by atomic mass is 10.0. The number of anilines is 2. The predicted octanol–water partition coefficient (Wildman–Crippen LogP) is 4.69. The van der Waals surface area contributed by atoms with Crippen molar-refractivity contribution in [2.75, 3.05) is 19.1 Å². The second kappa shape index (κ2) is 7.01. The highest BCUT2D eigenvalue weighted by atomic mass is 16.5. The normalized spacial score (nSPS) is 10.2. The third kappa shape index (κ3) is 3.30. The molecule has 3 aromatic rings. The average molecular weight is 317 g/mol. The molecule has 0 amide bonds. The lowest BCUT2D eigenvalue weighted by Crippen LogP contribution is -2.09. The largest absolute Gasteiger partial charge is 0.497 e. The molecule has 0 saturated heterocycles. The summed E-state index contributed by atoms with van der Waals surface area (Å²) >= 11 is 0. The van der Waals surface area contributed by atoms with E-state index < -0.39 is 0 Å². The van der Waals surface area contributed by atoms with Crippen LogP contribution in [0.4, 0.5) is 11.4 Å². The Bertz CT molecular complexity index is 809. The third-order valence-electron chi connectivity index (χ3n) is 4.01. The highest BCUT2D eigenvalue weighted by molar-refractivity contribution is 6.09. The van der Waals surface area contributed by atoms with Crippen molar-refractivity contribution < 1.29 is 9.53 Å². The summed E-state index contributed by atoms with van der Waals surface area (Å²) < 4.78 is 5.12. The van der Waals surface area contributed by atoms with Crippen molar-refractivity contribution in [3.05, 3.63) is 90.0 Å². The molecule has 0 fully saturated rings. The Morgan fingerprint density at radius 1 is 0.750 bits per heavy atom. The molecule has 0 saturated carbocycles. The van der Waals surface area contributed by atoms with Crippen LogP contribution in [0, 0.1) is 0 Å². The van der Waals surface area contributed by atoms with E-state index in [2.05, 4.69) is 17.0 Å². The van der Waals surface area contributed by atoms with Gasteiger partial charge in [0.25, 0.3) is 0 Å². The van der Waals surface area contributed by atoms with E-state index in [-0.39, 0.29) is 5.78 Å². The molecular weight excluding hydrogens is 298 g/mol. The first-order chi connectivity index (χ1) is 11.7. The number of methoxy groups -OCH3 is 1. The molecule has 3 rings (SSSR count). The van der Waals surface area contributed by atoms with Crippen molar-refractivity contribution >= 4 is 17.2 Å². The first-order valence-electron chi connectivity index (χ1n) is 7.76. The highest BCUT2D eigenvalue weighted by Gasteiger charge is 2.10. The Labute approximate surface area is 142 Å². The first-order valence-corrected chi connectivity index (χ1v) is 7.76. The van der Waals surface area contributed by atoms with Gasteiger partial charge in [-0.3, -0.25) is 4.79 Å². The molecule has 0 unspecified atom stereocenters. The lowest BCUT2D eigenvalue weighted by Gasteiger charge is -2.19. The lowest BCUT2D eigenvalue weighted by molar-refractivity contribution is 0.103. The summed E-state index contributed by atoms with van der Waals surface area (Å²) in [5, 5.41) is 0. The van der Waals surface area contributed by atoms with Gasteiger partial charge in [0.1, 0.15) is 5.75 Å². The van der Waals surface area contributed by atoms with E-state index in [0.29, 0.717) is 11.1 Å². The molecule has 3 nitrogen and oxygen atoms in total. The molecule has 0 aliphatic carbocycles. The van der Waals surface area contributed by atoms with Crippen LogP contribution in [0.25, 0.3) is 0 Å². The zero-order valence-corrected chi connectivity index (χ0v) is 13.8. The van der Waals surface area contributed by atoms with E-state index >= 15 is 0 Å². The van der Waals surface area contributed by atoms with Crippen molar-refractivity contribution in [1.82, 2.24) is 0 Å². The Hall–Kier alpha value is -3.07. The van der Waals surface area contributed by atoms with Gasteiger partial charge in [0.2, 0.25) is 0 Å². The average Bonchev–Trinajstić information content (AvgIpc) is 2.68. The van der Waals surface area contributed by atoms with Crippen LogP contribution in [-0.4, -0.2) is 19.9 Å². The van der Waals surface area contributed by atoms with E-state index in [9.17, 15) is 4.79 Å². The molecule has 120 valence electrons. The molecule has 0 bridgehead atoms. The molecule has 0 aromatic heterocycles. The molecule has 3 aromatic carbocycles. The Kier molecular flexibility index (Phi) is 4.62. The maximum absolute atomic E-state index is 12.5. The van der Waals surface area contributed by atoms with Crippen LogP contribution in [0.3, 0.4) is 0 Å². The van der Waals surface area contributed by atoms with Gasteiger partial charge in [-0.15, -0.1) is 0 Å². The van der Waals surface area contributed by atoms with Gasteiger partial charge in [-0.1, -0.05) is 18.2 Å². The fourth-order valence-corrected chi connectivity index (χ4v) is 2.55. The van der Waals surface area contributed by atoms with Gasteiger partial charge in [0.15, 0.2) is 5.78 Å². The van der Waals surface area contributed by atoms with Crippen LogP contribution < -0.4 is 9.64 Å². The summed E-state index contributed by atoms with van der Waals surface area (Å²) in [6.07, 6.45) is 0. The second-order valence-electron chi connectivity index (χ2n) is 5.50. The van der Waals surface area contributed by atoms with E-state index in [4.69, 9.17) is 4.74 Å². The summed E-state index contributed by atoms with van der Waals surface area (Å²) in [5.74, 6) is 0.748. The zero-order chi connectivity index (χ0) is 16.9. The zero-order valence-electron chi connectivity index (χ0n) is 13.8. The number of hydrogen-bond donors (Lipinski definition) is 0. The number of carbonyl (C=O) groups is 1. The van der Waals surface area contributed by atoms with E-state index in [0.717, 1.165) is 17.1 Å². The van der Waals surface area contributed by atoms with Crippen molar-refractivity contribution in [3.8, 4) is 5.75 Å². The van der Waals surface area contributed by atoms with Crippen molar-refractivity contribution in [1.29, 1.82) is 0 Å². The fraction of sp³-hybridized carbons (Fsp3) is 0.0952. The Morgan fingerprint density at radius 2 is 1.25 bits per heavy atom. The molecule has 0 aliphatic rings. The number of ether oxygens (including phenoxy) is 1. The quantitative estimate of drug-likeness (QED) is 0.639. The van der Waals surface area contributed by atoms with Gasteiger partial charge in [-0.25, -0.2) is 0 Å². The minimum atomic E-state index is 0.00608. The van der Waals surface area contributed by atoms with Crippen LogP contribution >= 0.6 is 0 Å². The number of nitrogens with zero attached hydrogens (tertiary/aromatic N) is 1. The number of benzene rings is 3. The monoisotopic (exact) mass is 317 g/mol. The summed E-state index contributed by atoms with van der Waals surface area (Å²) in [7, 11) is 3.62. The van der Waals surface area contributed by atoms with Crippen molar-refractivity contribution in [3.63, 3.8) is 0 Å². The standard InChI is InChI=1S/C21H19NO2/c1-22(18-6-4-3-5-7-18)19-12-8-16(9-13-19)21(23)17-10-14-20(24-2)15-11-17/h3-15H,1-2H3. The maximum Gasteiger partial charge on any atom is 0.193 e. The first kappa shape index (κ1) is 15.8. The van der Waals surface area contributed by atoms with Crippen LogP contribution in [-0.2, 0) is 0 Å². The Morgan fingerprint density at radius 3 is 1.79 bits per heavy atom. The summed E-state index contributed by atoms with van der Waals surface area (Å²) in [6, 6.07) is 24.9. The molecule has 0 N–H and O–H groups in total. The number of carbonyl (C=O) groups excluding carboxylic acids is 1. The second-order valence-corrected chi connectivity index (χ2v) is 5.50. The topological polar surface area (TPSA) is 29.5 Å². The van der Waals surface area contributed by atoms with Gasteiger partial charge in [0.05, 0.1) is 7.11 Å². The number of ketones is 1. The minimum Gasteiger partial charge on any atom is -0.497 e. The molecule has 0 spiro atoms. The summed E-state index contributed by atoms with van der Waals surface area (Å²) in [6.45, 7) is 0. The smallest absolute Gasteiger partial charge is 0.193 e. The SMILES string of the molecule is COc1ccc(C(=O)c2ccc(N(C)c3ccccc3)cc2)cc1. The van der Waals surface area contributed by atoms with Gasteiger partial charge in [-0.2, -0.15) is 0 Å². The van der Waals surface area contributed by atoms with E-state index in [1.807, 2.05) is 49.5 Å².